The summed E-state index contributed by atoms with van der Waals surface area (Å²) < 4.78 is 46.3. The molecule has 9 heteroatoms. The van der Waals surface area contributed by atoms with Gasteiger partial charge in [0.2, 0.25) is 11.4 Å². The van der Waals surface area contributed by atoms with Crippen LogP contribution >= 0.6 is 0 Å². The first-order valence-electron chi connectivity index (χ1n) is 9.87. The van der Waals surface area contributed by atoms with Crippen LogP contribution in [0.1, 0.15) is 31.0 Å². The fourth-order valence-corrected chi connectivity index (χ4v) is 4.44. The molecule has 2 aromatic heterocycles. The average molecular weight is 446 g/mol. The molecule has 0 fully saturated rings. The van der Waals surface area contributed by atoms with E-state index in [0.29, 0.717) is 17.5 Å². The lowest BCUT2D eigenvalue weighted by Crippen LogP contribution is -2.15. The molecule has 0 aliphatic rings. The van der Waals surface area contributed by atoms with Gasteiger partial charge in [-0.25, -0.2) is 17.8 Å². The lowest BCUT2D eigenvalue weighted by Gasteiger charge is -2.12. The van der Waals surface area contributed by atoms with Gasteiger partial charge >= 0.3 is 0 Å². The molecule has 0 aliphatic carbocycles. The molecular formula is C22H24FN3O4S. The summed E-state index contributed by atoms with van der Waals surface area (Å²) in [6, 6.07) is 8.85. The Labute approximate surface area is 180 Å². The van der Waals surface area contributed by atoms with Crippen molar-refractivity contribution >= 4 is 9.84 Å². The van der Waals surface area contributed by atoms with E-state index in [1.165, 1.54) is 22.8 Å². The van der Waals surface area contributed by atoms with E-state index in [0.717, 1.165) is 6.42 Å². The van der Waals surface area contributed by atoms with Crippen molar-refractivity contribution in [2.45, 2.75) is 32.4 Å². The highest BCUT2D eigenvalue weighted by molar-refractivity contribution is 7.90. The smallest absolute Gasteiger partial charge is 0.250 e. The number of nitrogens with zero attached hydrogens (tertiary/aromatic N) is 3. The van der Waals surface area contributed by atoms with Gasteiger partial charge in [-0.1, -0.05) is 25.5 Å². The number of benzene rings is 1. The van der Waals surface area contributed by atoms with E-state index >= 15 is 0 Å². The number of ether oxygens (including phenoxy) is 1. The molecule has 0 saturated heterocycles. The summed E-state index contributed by atoms with van der Waals surface area (Å²) in [6.45, 7) is 3.62. The number of aromatic nitrogens is 3. The van der Waals surface area contributed by atoms with Crippen molar-refractivity contribution < 1.29 is 17.5 Å². The molecule has 2 heterocycles. The number of halogens is 1. The third-order valence-corrected chi connectivity index (χ3v) is 6.29. The predicted octanol–water partition coefficient (Wildman–Crippen LogP) is 3.80. The highest BCUT2D eigenvalue weighted by Gasteiger charge is 2.17. The molecular weight excluding hydrogens is 421 g/mol. The Hall–Kier alpha value is -3.07. The van der Waals surface area contributed by atoms with Crippen molar-refractivity contribution in [3.05, 3.63) is 70.0 Å². The summed E-state index contributed by atoms with van der Waals surface area (Å²) in [5.41, 5.74) is 1.10. The van der Waals surface area contributed by atoms with E-state index in [2.05, 4.69) is 9.97 Å². The van der Waals surface area contributed by atoms with E-state index in [4.69, 9.17) is 4.74 Å². The maximum atomic E-state index is 14.3. The first-order chi connectivity index (χ1) is 14.7. The lowest BCUT2D eigenvalue weighted by molar-refractivity contribution is 0.423. The number of pyridine rings is 1. The predicted molar refractivity (Wildman–Crippen MR) is 116 cm³/mol. The molecule has 0 amide bonds. The third kappa shape index (κ3) is 5.75. The van der Waals surface area contributed by atoms with Gasteiger partial charge in [-0.3, -0.25) is 4.79 Å². The summed E-state index contributed by atoms with van der Waals surface area (Å²) in [7, 11) is -1.80. The van der Waals surface area contributed by atoms with Gasteiger partial charge in [-0.2, -0.15) is 4.98 Å². The van der Waals surface area contributed by atoms with E-state index in [1.54, 1.807) is 38.4 Å². The van der Waals surface area contributed by atoms with Crippen molar-refractivity contribution in [3.63, 3.8) is 0 Å². The SMILES string of the molecule is CCCCS(=O)(=O)Cc1cc(Oc2c(C)cccc2F)nc(-c2ccc(=O)n(C)c2)n1. The van der Waals surface area contributed by atoms with E-state index in [9.17, 15) is 17.6 Å². The maximum Gasteiger partial charge on any atom is 0.250 e. The van der Waals surface area contributed by atoms with Crippen molar-refractivity contribution in [2.24, 2.45) is 7.05 Å². The highest BCUT2D eigenvalue weighted by atomic mass is 32.2. The van der Waals surface area contributed by atoms with Gasteiger partial charge < -0.3 is 9.30 Å². The van der Waals surface area contributed by atoms with Crippen molar-refractivity contribution in [1.29, 1.82) is 0 Å². The minimum atomic E-state index is -3.39. The second-order valence-corrected chi connectivity index (χ2v) is 9.51. The topological polar surface area (TPSA) is 91.2 Å². The summed E-state index contributed by atoms with van der Waals surface area (Å²) in [4.78, 5) is 20.4. The molecule has 0 saturated carbocycles. The summed E-state index contributed by atoms with van der Waals surface area (Å²) >= 11 is 0. The number of aryl methyl sites for hydroxylation is 2. The third-order valence-electron chi connectivity index (χ3n) is 4.65. The van der Waals surface area contributed by atoms with Gasteiger partial charge in [0.1, 0.15) is 0 Å². The Morgan fingerprint density at radius 2 is 1.94 bits per heavy atom. The van der Waals surface area contributed by atoms with Gasteiger partial charge in [0.05, 0.1) is 17.2 Å². The van der Waals surface area contributed by atoms with Gasteiger partial charge in [0.25, 0.3) is 0 Å². The Morgan fingerprint density at radius 3 is 2.61 bits per heavy atom. The number of rotatable bonds is 8. The molecule has 1 aromatic carbocycles. The van der Waals surface area contributed by atoms with Crippen LogP contribution in [0.25, 0.3) is 11.4 Å². The van der Waals surface area contributed by atoms with Crippen LogP contribution in [-0.4, -0.2) is 28.7 Å². The van der Waals surface area contributed by atoms with E-state index in [1.807, 2.05) is 6.92 Å². The minimum Gasteiger partial charge on any atom is -0.436 e. The summed E-state index contributed by atoms with van der Waals surface area (Å²) in [5, 5.41) is 0. The van der Waals surface area contributed by atoms with Gasteiger partial charge in [-0.05, 0) is 31.0 Å². The van der Waals surface area contributed by atoms with E-state index in [-0.39, 0.29) is 40.2 Å². The fourth-order valence-electron chi connectivity index (χ4n) is 2.97. The number of para-hydroxylation sites is 1. The average Bonchev–Trinajstić information content (AvgIpc) is 2.71. The maximum absolute atomic E-state index is 14.3. The first-order valence-corrected chi connectivity index (χ1v) is 11.7. The van der Waals surface area contributed by atoms with E-state index < -0.39 is 15.7 Å². The molecule has 3 aromatic rings. The fraction of sp³-hybridized carbons (Fsp3) is 0.318. The van der Waals surface area contributed by atoms with Crippen LogP contribution in [0, 0.1) is 12.7 Å². The summed E-state index contributed by atoms with van der Waals surface area (Å²) in [6.07, 6.45) is 2.86. The molecule has 31 heavy (non-hydrogen) atoms. The van der Waals surface area contributed by atoms with Crippen LogP contribution in [0.2, 0.25) is 0 Å². The molecule has 7 nitrogen and oxygen atoms in total. The minimum absolute atomic E-state index is 0.00685. The molecule has 0 spiro atoms. The highest BCUT2D eigenvalue weighted by Crippen LogP contribution is 2.29. The standard InChI is InChI=1S/C22H24FN3O4S/c1-4-5-11-31(28,29)14-17-12-19(30-21-15(2)7-6-8-18(21)23)25-22(24-17)16-9-10-20(27)26(3)13-16/h6-10,12-13H,4-5,11,14H2,1-3H3. The number of hydrogen-bond acceptors (Lipinski definition) is 6. The largest absolute Gasteiger partial charge is 0.436 e. The zero-order valence-corrected chi connectivity index (χ0v) is 18.4. The second kappa shape index (κ2) is 9.38. The Balaban J connectivity index is 2.07. The number of unbranched alkanes of at least 4 members (excludes halogenated alkanes) is 1. The van der Waals surface area contributed by atoms with Gasteiger partial charge in [0, 0.05) is 30.9 Å². The zero-order valence-electron chi connectivity index (χ0n) is 17.6. The van der Waals surface area contributed by atoms with Crippen molar-refractivity contribution in [1.82, 2.24) is 14.5 Å². The summed E-state index contributed by atoms with van der Waals surface area (Å²) in [5.74, 6) is -0.589. The molecule has 0 atom stereocenters. The Kier molecular flexibility index (Phi) is 6.84. The normalized spacial score (nSPS) is 11.5. The molecule has 0 unspecified atom stereocenters. The van der Waals surface area contributed by atoms with Crippen LogP contribution in [-0.2, 0) is 22.6 Å². The second-order valence-electron chi connectivity index (χ2n) is 7.32. The van der Waals surface area contributed by atoms with Crippen molar-refractivity contribution in [3.8, 4) is 23.0 Å². The van der Waals surface area contributed by atoms with Crippen LogP contribution in [0.15, 0.2) is 47.4 Å². The molecule has 3 rings (SSSR count). The van der Waals surface area contributed by atoms with Crippen LogP contribution in [0.5, 0.6) is 11.6 Å². The number of hydrogen-bond donors (Lipinski definition) is 0. The first kappa shape index (κ1) is 22.6. The quantitative estimate of drug-likeness (QED) is 0.524. The van der Waals surface area contributed by atoms with Gasteiger partial charge in [-0.15, -0.1) is 0 Å². The molecule has 0 radical (unpaired) electrons. The lowest BCUT2D eigenvalue weighted by atomic mass is 10.2. The van der Waals surface area contributed by atoms with Crippen LogP contribution < -0.4 is 10.3 Å². The Bertz CT molecular complexity index is 1240. The van der Waals surface area contributed by atoms with Gasteiger partial charge in [0.15, 0.2) is 27.2 Å². The monoisotopic (exact) mass is 445 g/mol. The van der Waals surface area contributed by atoms with Crippen LogP contribution in [0.3, 0.4) is 0 Å². The molecule has 0 bridgehead atoms. The number of sulfone groups is 1. The Morgan fingerprint density at radius 1 is 1.16 bits per heavy atom. The van der Waals surface area contributed by atoms with Crippen molar-refractivity contribution in [2.75, 3.05) is 5.75 Å². The zero-order chi connectivity index (χ0) is 22.6. The molecule has 0 N–H and O–H groups in total. The van der Waals surface area contributed by atoms with Crippen LogP contribution in [0.4, 0.5) is 4.39 Å². The molecule has 0 aliphatic heterocycles. The molecule has 164 valence electrons.